The molecule has 3 rings (SSSR count). The fourth-order valence-corrected chi connectivity index (χ4v) is 2.92. The van der Waals surface area contributed by atoms with Gasteiger partial charge in [-0.3, -0.25) is 0 Å². The van der Waals surface area contributed by atoms with E-state index < -0.39 is 0 Å². The highest BCUT2D eigenvalue weighted by atomic mass is 16.5. The first-order valence-corrected chi connectivity index (χ1v) is 7.51. The van der Waals surface area contributed by atoms with Gasteiger partial charge < -0.3 is 15.0 Å². The molecule has 1 aliphatic carbocycles. The summed E-state index contributed by atoms with van der Waals surface area (Å²) in [6, 6.07) is 7.45. The minimum absolute atomic E-state index is 0.148. The van der Waals surface area contributed by atoms with E-state index in [0.717, 1.165) is 24.2 Å². The fraction of sp³-hybridized carbons (Fsp3) is 0.500. The van der Waals surface area contributed by atoms with Crippen LogP contribution in [0.1, 0.15) is 44.0 Å². The quantitative estimate of drug-likeness (QED) is 0.933. The highest BCUT2D eigenvalue weighted by molar-refractivity contribution is 5.55. The second kappa shape index (κ2) is 6.26. The molecule has 0 radical (unpaired) electrons. The first kappa shape index (κ1) is 14.1. The van der Waals surface area contributed by atoms with Crippen molar-refractivity contribution >= 4 is 0 Å². The monoisotopic (exact) mass is 287 g/mol. The number of methoxy groups -OCH3 is 1. The van der Waals surface area contributed by atoms with E-state index in [4.69, 9.17) is 15.0 Å². The number of nitrogens with two attached hydrogens (primary N) is 1. The molecule has 1 saturated carbocycles. The Hall–Kier alpha value is -1.88. The summed E-state index contributed by atoms with van der Waals surface area (Å²) in [4.78, 5) is 4.47. The van der Waals surface area contributed by atoms with Crippen LogP contribution in [0.5, 0.6) is 5.75 Å². The number of nitrogens with zero attached hydrogens (tertiary/aromatic N) is 2. The third kappa shape index (κ3) is 3.08. The minimum Gasteiger partial charge on any atom is -0.497 e. The van der Waals surface area contributed by atoms with Crippen LogP contribution in [0.2, 0.25) is 0 Å². The van der Waals surface area contributed by atoms with Crippen molar-refractivity contribution in [1.29, 1.82) is 0 Å². The summed E-state index contributed by atoms with van der Waals surface area (Å²) < 4.78 is 10.5. The Morgan fingerprint density at radius 1 is 1.19 bits per heavy atom. The van der Waals surface area contributed by atoms with Crippen molar-refractivity contribution < 1.29 is 9.26 Å². The summed E-state index contributed by atoms with van der Waals surface area (Å²) in [6.45, 7) is 0. The van der Waals surface area contributed by atoms with Crippen LogP contribution in [0, 0.1) is 5.92 Å². The molecule has 2 N–H and O–H groups in total. The van der Waals surface area contributed by atoms with Crippen LogP contribution in [0.4, 0.5) is 0 Å². The van der Waals surface area contributed by atoms with Gasteiger partial charge in [0.05, 0.1) is 13.2 Å². The zero-order valence-electron chi connectivity index (χ0n) is 12.3. The van der Waals surface area contributed by atoms with Crippen molar-refractivity contribution in [2.24, 2.45) is 11.7 Å². The number of benzene rings is 1. The molecule has 0 amide bonds. The van der Waals surface area contributed by atoms with Gasteiger partial charge in [0, 0.05) is 5.56 Å². The van der Waals surface area contributed by atoms with Gasteiger partial charge in [0.15, 0.2) is 0 Å². The van der Waals surface area contributed by atoms with Crippen LogP contribution < -0.4 is 10.5 Å². The molecule has 1 unspecified atom stereocenters. The zero-order valence-corrected chi connectivity index (χ0v) is 12.3. The fourth-order valence-electron chi connectivity index (χ4n) is 2.92. The van der Waals surface area contributed by atoms with Crippen molar-refractivity contribution in [3.8, 4) is 17.1 Å². The molecule has 1 atom stereocenters. The van der Waals surface area contributed by atoms with Crippen molar-refractivity contribution in [1.82, 2.24) is 10.1 Å². The van der Waals surface area contributed by atoms with Gasteiger partial charge in [-0.05, 0) is 43.0 Å². The molecule has 1 aromatic heterocycles. The van der Waals surface area contributed by atoms with Crippen LogP contribution in [0.15, 0.2) is 28.8 Å². The molecule has 112 valence electrons. The third-order valence-corrected chi connectivity index (χ3v) is 4.23. The summed E-state index contributed by atoms with van der Waals surface area (Å²) in [5.74, 6) is 2.40. The predicted molar refractivity (Wildman–Crippen MR) is 79.8 cm³/mol. The maximum absolute atomic E-state index is 6.29. The van der Waals surface area contributed by atoms with E-state index in [9.17, 15) is 0 Å². The lowest BCUT2D eigenvalue weighted by molar-refractivity contribution is 0.255. The van der Waals surface area contributed by atoms with Crippen LogP contribution in [0.25, 0.3) is 11.4 Å². The van der Waals surface area contributed by atoms with E-state index >= 15 is 0 Å². The van der Waals surface area contributed by atoms with Crippen molar-refractivity contribution in [3.05, 3.63) is 30.2 Å². The number of aromatic nitrogens is 2. The van der Waals surface area contributed by atoms with E-state index in [1.807, 2.05) is 24.3 Å². The van der Waals surface area contributed by atoms with E-state index in [0.29, 0.717) is 17.6 Å². The highest BCUT2D eigenvalue weighted by Crippen LogP contribution is 2.33. The molecule has 0 spiro atoms. The summed E-state index contributed by atoms with van der Waals surface area (Å²) >= 11 is 0. The zero-order chi connectivity index (χ0) is 14.7. The molecule has 1 heterocycles. The average Bonchev–Trinajstić information content (AvgIpc) is 3.05. The molecule has 1 aliphatic rings. The molecule has 1 aromatic carbocycles. The summed E-state index contributed by atoms with van der Waals surface area (Å²) in [5.41, 5.74) is 7.19. The third-order valence-electron chi connectivity index (χ3n) is 4.23. The Bertz CT molecular complexity index is 573. The van der Waals surface area contributed by atoms with Gasteiger partial charge in [0.2, 0.25) is 11.7 Å². The number of hydrogen-bond donors (Lipinski definition) is 1. The Morgan fingerprint density at radius 2 is 1.90 bits per heavy atom. The standard InChI is InChI=1S/C16H21N3O2/c1-20-13-9-7-12(8-10-13)15-18-16(21-19-15)14(17)11-5-3-2-4-6-11/h7-11,14H,2-6,17H2,1H3. The van der Waals surface area contributed by atoms with Crippen LogP contribution >= 0.6 is 0 Å². The molecule has 0 saturated heterocycles. The molecule has 0 bridgehead atoms. The number of ether oxygens (including phenoxy) is 1. The summed E-state index contributed by atoms with van der Waals surface area (Å²) in [6.07, 6.45) is 6.11. The van der Waals surface area contributed by atoms with Gasteiger partial charge in [-0.15, -0.1) is 0 Å². The van der Waals surface area contributed by atoms with E-state index in [1.54, 1.807) is 7.11 Å². The Kier molecular flexibility index (Phi) is 4.20. The normalized spacial score (nSPS) is 17.6. The minimum atomic E-state index is -0.148. The molecule has 21 heavy (non-hydrogen) atoms. The first-order chi connectivity index (χ1) is 10.3. The van der Waals surface area contributed by atoms with Crippen LogP contribution in [-0.2, 0) is 0 Å². The summed E-state index contributed by atoms with van der Waals surface area (Å²) in [7, 11) is 1.64. The van der Waals surface area contributed by atoms with Crippen LogP contribution in [0.3, 0.4) is 0 Å². The molecule has 5 heteroatoms. The highest BCUT2D eigenvalue weighted by Gasteiger charge is 2.26. The second-order valence-corrected chi connectivity index (χ2v) is 5.61. The van der Waals surface area contributed by atoms with Crippen molar-refractivity contribution in [3.63, 3.8) is 0 Å². The number of rotatable bonds is 4. The van der Waals surface area contributed by atoms with Crippen molar-refractivity contribution in [2.75, 3.05) is 7.11 Å². The van der Waals surface area contributed by atoms with Gasteiger partial charge in [-0.25, -0.2) is 0 Å². The Morgan fingerprint density at radius 3 is 2.57 bits per heavy atom. The average molecular weight is 287 g/mol. The van der Waals surface area contributed by atoms with Gasteiger partial charge in [0.25, 0.3) is 0 Å². The number of hydrogen-bond acceptors (Lipinski definition) is 5. The second-order valence-electron chi connectivity index (χ2n) is 5.61. The molecule has 5 nitrogen and oxygen atoms in total. The lowest BCUT2D eigenvalue weighted by Gasteiger charge is -2.24. The molecule has 1 fully saturated rings. The topological polar surface area (TPSA) is 74.2 Å². The smallest absolute Gasteiger partial charge is 0.244 e. The molecule has 0 aliphatic heterocycles. The molecule has 2 aromatic rings. The van der Waals surface area contributed by atoms with Gasteiger partial charge in [-0.2, -0.15) is 4.98 Å². The molecular formula is C16H21N3O2. The predicted octanol–water partition coefficient (Wildman–Crippen LogP) is 3.33. The molecular weight excluding hydrogens is 266 g/mol. The maximum atomic E-state index is 6.29. The lowest BCUT2D eigenvalue weighted by Crippen LogP contribution is -2.23. The maximum Gasteiger partial charge on any atom is 0.244 e. The van der Waals surface area contributed by atoms with E-state index in [1.165, 1.54) is 19.3 Å². The lowest BCUT2D eigenvalue weighted by atomic mass is 9.84. The largest absolute Gasteiger partial charge is 0.497 e. The van der Waals surface area contributed by atoms with Gasteiger partial charge in [-0.1, -0.05) is 24.4 Å². The van der Waals surface area contributed by atoms with E-state index in [2.05, 4.69) is 10.1 Å². The van der Waals surface area contributed by atoms with E-state index in [-0.39, 0.29) is 6.04 Å². The Balaban J connectivity index is 1.75. The first-order valence-electron chi connectivity index (χ1n) is 7.51. The summed E-state index contributed by atoms with van der Waals surface area (Å²) in [5, 5.41) is 4.05. The van der Waals surface area contributed by atoms with Crippen LogP contribution in [-0.4, -0.2) is 17.3 Å². The van der Waals surface area contributed by atoms with Crippen molar-refractivity contribution in [2.45, 2.75) is 38.1 Å². The van der Waals surface area contributed by atoms with Gasteiger partial charge in [0.1, 0.15) is 5.75 Å². The SMILES string of the molecule is COc1ccc(-c2noc(C(N)C3CCCCC3)n2)cc1. The van der Waals surface area contributed by atoms with Gasteiger partial charge >= 0.3 is 0 Å². The Labute approximate surface area is 124 Å².